The van der Waals surface area contributed by atoms with Gasteiger partial charge >= 0.3 is 0 Å². The molecule has 8 nitrogen and oxygen atoms in total. The molecule has 3 atom stereocenters. The number of aromatic nitrogens is 2. The zero-order chi connectivity index (χ0) is 24.6. The van der Waals surface area contributed by atoms with Crippen LogP contribution < -0.4 is 20.1 Å². The molecule has 3 aliphatic rings. The molecule has 188 valence electrons. The van der Waals surface area contributed by atoms with E-state index in [0.29, 0.717) is 41.8 Å². The topological polar surface area (TPSA) is 91.5 Å². The average Bonchev–Trinajstić information content (AvgIpc) is 3.49. The molecule has 3 aromatic rings. The van der Waals surface area contributed by atoms with E-state index in [-0.39, 0.29) is 17.6 Å². The van der Waals surface area contributed by atoms with Gasteiger partial charge in [-0.15, -0.1) is 0 Å². The van der Waals surface area contributed by atoms with Gasteiger partial charge in [0.2, 0.25) is 0 Å². The Kier molecular flexibility index (Phi) is 6.00. The highest BCUT2D eigenvalue weighted by Gasteiger charge is 2.34. The van der Waals surface area contributed by atoms with Gasteiger partial charge < -0.3 is 30.0 Å². The van der Waals surface area contributed by atoms with E-state index in [4.69, 9.17) is 9.47 Å². The molecule has 9 heteroatoms. The van der Waals surface area contributed by atoms with E-state index in [2.05, 4.69) is 25.5 Å². The van der Waals surface area contributed by atoms with Gasteiger partial charge in [0.1, 0.15) is 5.75 Å². The van der Waals surface area contributed by atoms with Gasteiger partial charge in [-0.05, 0) is 50.6 Å². The molecule has 5 heterocycles. The highest BCUT2D eigenvalue weighted by Crippen LogP contribution is 2.44. The number of pyridine rings is 1. The molecule has 1 amide bonds. The van der Waals surface area contributed by atoms with Crippen LogP contribution >= 0.6 is 0 Å². The lowest BCUT2D eigenvalue weighted by Gasteiger charge is -2.25. The Balaban J connectivity index is 1.51. The van der Waals surface area contributed by atoms with Crippen LogP contribution in [0.15, 0.2) is 36.7 Å². The van der Waals surface area contributed by atoms with E-state index in [9.17, 15) is 9.18 Å². The number of carbonyl (C=O) groups excluding carboxylic acids is 1. The molecule has 0 spiro atoms. The maximum absolute atomic E-state index is 14.5. The lowest BCUT2D eigenvalue weighted by molar-refractivity contribution is 0.0939. The first kappa shape index (κ1) is 22.8. The Morgan fingerprint density at radius 3 is 3.06 bits per heavy atom. The standard InChI is InChI=1S/C27H30FN5O3/c1-35-26-19(28)5-2-6-20(26)31-25-22-23-17(12-30-27(22)34)4-3-10-33-11-8-16(14-33)15-36-21-13-29-9-7-18(21)24(25)32-23/h2,5-7,9,13,16-17,31-32H,3-4,8,10-12,14-15H2,1H3,(H,30,34)/t16-,17+/m1/s1. The minimum Gasteiger partial charge on any atom is -0.492 e. The summed E-state index contributed by atoms with van der Waals surface area (Å²) in [6.45, 7) is 4.36. The number of halogens is 1. The van der Waals surface area contributed by atoms with Crippen molar-refractivity contribution < 1.29 is 18.7 Å². The summed E-state index contributed by atoms with van der Waals surface area (Å²) in [6, 6.07) is 6.59. The first-order chi connectivity index (χ1) is 17.6. The monoisotopic (exact) mass is 491 g/mol. The number of H-pyrrole nitrogens is 1. The Labute approximate surface area is 209 Å². The van der Waals surface area contributed by atoms with Crippen LogP contribution in [0.4, 0.5) is 15.8 Å². The largest absolute Gasteiger partial charge is 0.492 e. The van der Waals surface area contributed by atoms with Gasteiger partial charge in [0, 0.05) is 42.4 Å². The first-order valence-electron chi connectivity index (χ1n) is 12.6. The summed E-state index contributed by atoms with van der Waals surface area (Å²) in [6.07, 6.45) is 6.56. The summed E-state index contributed by atoms with van der Waals surface area (Å²) in [5, 5.41) is 6.40. The van der Waals surface area contributed by atoms with Gasteiger partial charge in [-0.1, -0.05) is 6.07 Å². The lowest BCUT2D eigenvalue weighted by atomic mass is 9.92. The van der Waals surface area contributed by atoms with Crippen molar-refractivity contribution in [3.05, 3.63) is 53.7 Å². The van der Waals surface area contributed by atoms with Gasteiger partial charge in [-0.2, -0.15) is 0 Å². The van der Waals surface area contributed by atoms with Crippen molar-refractivity contribution in [1.29, 1.82) is 0 Å². The van der Waals surface area contributed by atoms with Crippen molar-refractivity contribution in [3.8, 4) is 22.8 Å². The summed E-state index contributed by atoms with van der Waals surface area (Å²) in [5.74, 6) is 0.720. The molecule has 0 aliphatic carbocycles. The van der Waals surface area contributed by atoms with E-state index >= 15 is 0 Å². The Morgan fingerprint density at radius 2 is 2.17 bits per heavy atom. The number of para-hydroxylation sites is 1. The van der Waals surface area contributed by atoms with E-state index in [1.165, 1.54) is 13.2 Å². The van der Waals surface area contributed by atoms with Crippen molar-refractivity contribution in [2.45, 2.75) is 25.2 Å². The van der Waals surface area contributed by atoms with Crippen LogP contribution in [0.1, 0.15) is 41.2 Å². The number of hydrogen-bond acceptors (Lipinski definition) is 6. The number of ether oxygens (including phenoxy) is 2. The Bertz CT molecular complexity index is 1290. The quantitative estimate of drug-likeness (QED) is 0.506. The second-order valence-corrected chi connectivity index (χ2v) is 9.80. The van der Waals surface area contributed by atoms with Gasteiger partial charge in [-0.3, -0.25) is 9.78 Å². The molecule has 36 heavy (non-hydrogen) atoms. The van der Waals surface area contributed by atoms with Crippen molar-refractivity contribution in [1.82, 2.24) is 20.2 Å². The maximum Gasteiger partial charge on any atom is 0.255 e. The normalized spacial score (nSPS) is 23.2. The molecule has 1 saturated heterocycles. The number of methoxy groups -OCH3 is 1. The number of carbonyl (C=O) groups is 1. The summed E-state index contributed by atoms with van der Waals surface area (Å²) in [4.78, 5) is 23.6. The van der Waals surface area contributed by atoms with Crippen LogP contribution in [-0.4, -0.2) is 60.7 Å². The van der Waals surface area contributed by atoms with Gasteiger partial charge in [0.05, 0.1) is 42.5 Å². The molecule has 6 rings (SSSR count). The SMILES string of the molecule is COc1c(F)cccc1Nc1c2[nH]c3c1C(=O)NC[C@@H]3CCCN1CC[C@@H](COc3cnccc3-2)C1. The summed E-state index contributed by atoms with van der Waals surface area (Å²) in [5.41, 5.74) is 3.98. The van der Waals surface area contributed by atoms with Crippen molar-refractivity contribution >= 4 is 17.3 Å². The van der Waals surface area contributed by atoms with Crippen LogP contribution in [0, 0.1) is 11.7 Å². The highest BCUT2D eigenvalue weighted by molar-refractivity contribution is 6.07. The smallest absolute Gasteiger partial charge is 0.255 e. The average molecular weight is 492 g/mol. The molecule has 1 aromatic carbocycles. The van der Waals surface area contributed by atoms with Crippen LogP contribution in [-0.2, 0) is 0 Å². The van der Waals surface area contributed by atoms with Crippen molar-refractivity contribution in [2.24, 2.45) is 5.92 Å². The zero-order valence-corrected chi connectivity index (χ0v) is 20.3. The number of benzene rings is 1. The van der Waals surface area contributed by atoms with Gasteiger partial charge in [-0.25, -0.2) is 4.39 Å². The zero-order valence-electron chi connectivity index (χ0n) is 20.3. The molecule has 0 saturated carbocycles. The van der Waals surface area contributed by atoms with E-state index in [0.717, 1.165) is 55.8 Å². The highest BCUT2D eigenvalue weighted by atomic mass is 19.1. The minimum atomic E-state index is -0.479. The molecular weight excluding hydrogens is 461 g/mol. The molecule has 1 fully saturated rings. The maximum atomic E-state index is 14.5. The predicted octanol–water partition coefficient (Wildman–Crippen LogP) is 4.29. The number of aromatic amines is 1. The molecule has 3 aliphatic heterocycles. The number of amides is 1. The van der Waals surface area contributed by atoms with Crippen LogP contribution in [0.2, 0.25) is 0 Å². The number of hydrogen-bond donors (Lipinski definition) is 3. The fourth-order valence-corrected chi connectivity index (χ4v) is 5.71. The first-order valence-corrected chi connectivity index (χ1v) is 12.6. The van der Waals surface area contributed by atoms with Crippen molar-refractivity contribution in [3.63, 3.8) is 0 Å². The van der Waals surface area contributed by atoms with E-state index < -0.39 is 5.82 Å². The number of nitrogens with zero attached hydrogens (tertiary/aromatic N) is 2. The molecule has 4 bridgehead atoms. The van der Waals surface area contributed by atoms with Gasteiger partial charge in [0.25, 0.3) is 5.91 Å². The summed E-state index contributed by atoms with van der Waals surface area (Å²) >= 11 is 0. The fraction of sp³-hybridized carbons (Fsp3) is 0.407. The molecule has 2 aromatic heterocycles. The second kappa shape index (κ2) is 9.46. The number of rotatable bonds is 3. The van der Waals surface area contributed by atoms with Crippen LogP contribution in [0.5, 0.6) is 11.5 Å². The Hall–Kier alpha value is -3.59. The van der Waals surface area contributed by atoms with Crippen LogP contribution in [0.25, 0.3) is 11.3 Å². The number of fused-ring (bicyclic) bond motifs is 5. The Morgan fingerprint density at radius 1 is 1.25 bits per heavy atom. The third kappa shape index (κ3) is 4.07. The predicted molar refractivity (Wildman–Crippen MR) is 135 cm³/mol. The molecular formula is C27H30FN5O3. The van der Waals surface area contributed by atoms with Crippen LogP contribution in [0.3, 0.4) is 0 Å². The molecule has 0 radical (unpaired) electrons. The van der Waals surface area contributed by atoms with E-state index in [1.54, 1.807) is 24.5 Å². The molecule has 1 unspecified atom stereocenters. The number of nitrogens with one attached hydrogen (secondary N) is 3. The van der Waals surface area contributed by atoms with Gasteiger partial charge in [0.15, 0.2) is 11.6 Å². The lowest BCUT2D eigenvalue weighted by Crippen LogP contribution is -2.35. The summed E-state index contributed by atoms with van der Waals surface area (Å²) < 4.78 is 26.2. The van der Waals surface area contributed by atoms with E-state index in [1.807, 2.05) is 6.07 Å². The second-order valence-electron chi connectivity index (χ2n) is 9.80. The van der Waals surface area contributed by atoms with Crippen molar-refractivity contribution in [2.75, 3.05) is 45.2 Å². The third-order valence-electron chi connectivity index (χ3n) is 7.53. The minimum absolute atomic E-state index is 0.0911. The summed E-state index contributed by atoms with van der Waals surface area (Å²) in [7, 11) is 1.43. The fourth-order valence-electron chi connectivity index (χ4n) is 5.71. The number of anilines is 2. The third-order valence-corrected chi connectivity index (χ3v) is 7.53. The molecule has 3 N–H and O–H groups in total.